The van der Waals surface area contributed by atoms with Crippen molar-refractivity contribution in [2.45, 2.75) is 32.5 Å². The first-order valence-corrected chi connectivity index (χ1v) is 10.8. The monoisotopic (exact) mass is 433 g/mol. The third-order valence-electron chi connectivity index (χ3n) is 5.17. The SMILES string of the molecule is CC(C)(C)n1nc(-c2ccc3cc(C(O)Nc4ccsc4)[nH]c3c2)c2c(N)ncnc21. The second kappa shape index (κ2) is 7.07. The van der Waals surface area contributed by atoms with Gasteiger partial charge in [0.15, 0.2) is 11.9 Å². The van der Waals surface area contributed by atoms with Crippen molar-refractivity contribution in [2.75, 3.05) is 11.1 Å². The lowest BCUT2D eigenvalue weighted by Crippen LogP contribution is -2.23. The number of thiophene rings is 1. The summed E-state index contributed by atoms with van der Waals surface area (Å²) >= 11 is 1.57. The van der Waals surface area contributed by atoms with Gasteiger partial charge in [-0.05, 0) is 49.7 Å². The summed E-state index contributed by atoms with van der Waals surface area (Å²) in [6.45, 7) is 6.22. The van der Waals surface area contributed by atoms with Crippen LogP contribution in [0.3, 0.4) is 0 Å². The van der Waals surface area contributed by atoms with Gasteiger partial charge in [0.05, 0.1) is 16.6 Å². The smallest absolute Gasteiger partial charge is 0.165 e. The van der Waals surface area contributed by atoms with Crippen LogP contribution in [-0.2, 0) is 5.54 Å². The molecular formula is C22H23N7OS. The average molecular weight is 434 g/mol. The molecule has 4 aromatic heterocycles. The van der Waals surface area contributed by atoms with Crippen molar-refractivity contribution in [2.24, 2.45) is 0 Å². The van der Waals surface area contributed by atoms with Crippen LogP contribution in [0.4, 0.5) is 11.5 Å². The molecule has 0 bridgehead atoms. The van der Waals surface area contributed by atoms with Gasteiger partial charge in [-0.25, -0.2) is 14.6 Å². The Morgan fingerprint density at radius 3 is 2.77 bits per heavy atom. The summed E-state index contributed by atoms with van der Waals surface area (Å²) < 4.78 is 1.88. The molecule has 5 aromatic rings. The molecule has 1 aromatic carbocycles. The zero-order chi connectivity index (χ0) is 21.8. The summed E-state index contributed by atoms with van der Waals surface area (Å²) in [6.07, 6.45) is 0.628. The Bertz CT molecular complexity index is 1380. The van der Waals surface area contributed by atoms with E-state index >= 15 is 0 Å². The van der Waals surface area contributed by atoms with Gasteiger partial charge in [0.2, 0.25) is 0 Å². The van der Waals surface area contributed by atoms with E-state index in [0.29, 0.717) is 17.2 Å². The van der Waals surface area contributed by atoms with E-state index in [1.807, 2.05) is 45.8 Å². The molecule has 1 atom stereocenters. The average Bonchev–Trinajstić information content (AvgIpc) is 3.45. The summed E-state index contributed by atoms with van der Waals surface area (Å²) in [6, 6.07) is 9.88. The van der Waals surface area contributed by atoms with Crippen LogP contribution >= 0.6 is 11.3 Å². The second-order valence-electron chi connectivity index (χ2n) is 8.47. The molecule has 0 aliphatic carbocycles. The molecule has 0 aliphatic heterocycles. The maximum absolute atomic E-state index is 10.6. The van der Waals surface area contributed by atoms with Gasteiger partial charge in [0, 0.05) is 22.1 Å². The largest absolute Gasteiger partial charge is 0.383 e. The minimum absolute atomic E-state index is 0.265. The number of aliphatic hydroxyl groups is 1. The molecule has 8 nitrogen and oxygen atoms in total. The van der Waals surface area contributed by atoms with E-state index in [4.69, 9.17) is 10.8 Å². The summed E-state index contributed by atoms with van der Waals surface area (Å²) in [7, 11) is 0. The maximum atomic E-state index is 10.6. The number of aromatic nitrogens is 5. The van der Waals surface area contributed by atoms with Crippen LogP contribution in [0.15, 0.2) is 47.4 Å². The number of aliphatic hydroxyl groups excluding tert-OH is 1. The van der Waals surface area contributed by atoms with Gasteiger partial charge >= 0.3 is 0 Å². The minimum atomic E-state index is -0.838. The zero-order valence-corrected chi connectivity index (χ0v) is 18.2. The van der Waals surface area contributed by atoms with Gasteiger partial charge in [-0.1, -0.05) is 12.1 Å². The Labute approximate surface area is 182 Å². The molecule has 1 unspecified atom stereocenters. The van der Waals surface area contributed by atoms with E-state index in [1.165, 1.54) is 6.33 Å². The summed E-state index contributed by atoms with van der Waals surface area (Å²) in [5, 5.41) is 24.1. The molecule has 4 heterocycles. The highest BCUT2D eigenvalue weighted by molar-refractivity contribution is 7.08. The second-order valence-corrected chi connectivity index (χ2v) is 9.25. The van der Waals surface area contributed by atoms with Crippen molar-refractivity contribution in [1.82, 2.24) is 24.7 Å². The Morgan fingerprint density at radius 2 is 2.03 bits per heavy atom. The topological polar surface area (TPSA) is 118 Å². The van der Waals surface area contributed by atoms with Gasteiger partial charge in [0.1, 0.15) is 17.8 Å². The minimum Gasteiger partial charge on any atom is -0.383 e. The number of anilines is 2. The van der Waals surface area contributed by atoms with E-state index < -0.39 is 6.23 Å². The number of hydrogen-bond donors (Lipinski definition) is 4. The maximum Gasteiger partial charge on any atom is 0.165 e. The molecule has 5 rings (SSSR count). The van der Waals surface area contributed by atoms with Crippen LogP contribution in [0.2, 0.25) is 0 Å². The van der Waals surface area contributed by atoms with Crippen molar-refractivity contribution in [3.8, 4) is 11.3 Å². The highest BCUT2D eigenvalue weighted by atomic mass is 32.1. The van der Waals surface area contributed by atoms with Crippen molar-refractivity contribution in [3.05, 3.63) is 53.1 Å². The fourth-order valence-corrected chi connectivity index (χ4v) is 4.27. The first kappa shape index (κ1) is 19.5. The van der Waals surface area contributed by atoms with Gasteiger partial charge in [-0.15, -0.1) is 0 Å². The highest BCUT2D eigenvalue weighted by Gasteiger charge is 2.24. The Morgan fingerprint density at radius 1 is 1.19 bits per heavy atom. The van der Waals surface area contributed by atoms with Crippen molar-refractivity contribution in [3.63, 3.8) is 0 Å². The number of nitrogens with one attached hydrogen (secondary N) is 2. The predicted octanol–water partition coefficient (Wildman–Crippen LogP) is 4.48. The Hall–Kier alpha value is -3.43. The predicted molar refractivity (Wildman–Crippen MR) is 125 cm³/mol. The quantitative estimate of drug-likeness (QED) is 0.311. The van der Waals surface area contributed by atoms with Crippen molar-refractivity contribution in [1.29, 1.82) is 0 Å². The number of H-pyrrole nitrogens is 1. The lowest BCUT2D eigenvalue weighted by atomic mass is 10.1. The number of hydrogen-bond acceptors (Lipinski definition) is 7. The zero-order valence-electron chi connectivity index (χ0n) is 17.4. The van der Waals surface area contributed by atoms with E-state index in [-0.39, 0.29) is 5.54 Å². The third-order valence-corrected chi connectivity index (χ3v) is 5.85. The molecule has 0 amide bonds. The van der Waals surface area contributed by atoms with Crippen LogP contribution in [0.25, 0.3) is 33.2 Å². The number of rotatable bonds is 4. The summed E-state index contributed by atoms with van der Waals surface area (Å²) in [4.78, 5) is 11.9. The van der Waals surface area contributed by atoms with Gasteiger partial charge in [-0.2, -0.15) is 16.4 Å². The normalized spacial score (nSPS) is 13.2. The number of nitrogen functional groups attached to an aromatic ring is 1. The van der Waals surface area contributed by atoms with E-state index in [9.17, 15) is 5.11 Å². The fourth-order valence-electron chi connectivity index (χ4n) is 3.67. The van der Waals surface area contributed by atoms with Crippen molar-refractivity contribution >= 4 is 44.8 Å². The molecule has 9 heteroatoms. The van der Waals surface area contributed by atoms with Gasteiger partial charge in [0.25, 0.3) is 0 Å². The van der Waals surface area contributed by atoms with Crippen LogP contribution < -0.4 is 11.1 Å². The van der Waals surface area contributed by atoms with Crippen LogP contribution in [0.1, 0.15) is 32.7 Å². The van der Waals surface area contributed by atoms with E-state index in [2.05, 4.69) is 41.0 Å². The highest BCUT2D eigenvalue weighted by Crippen LogP contribution is 2.34. The van der Waals surface area contributed by atoms with Gasteiger partial charge in [-0.3, -0.25) is 0 Å². The number of benzene rings is 1. The lowest BCUT2D eigenvalue weighted by molar-refractivity contribution is 0.204. The number of fused-ring (bicyclic) bond motifs is 2. The Balaban J connectivity index is 1.59. The number of aromatic amines is 1. The molecule has 0 saturated carbocycles. The summed E-state index contributed by atoms with van der Waals surface area (Å²) in [5.41, 5.74) is 10.8. The van der Waals surface area contributed by atoms with Crippen LogP contribution in [0, 0.1) is 0 Å². The molecule has 0 aliphatic rings. The molecule has 0 fully saturated rings. The molecule has 158 valence electrons. The number of nitrogens with two attached hydrogens (primary N) is 1. The third kappa shape index (κ3) is 3.41. The molecule has 5 N–H and O–H groups in total. The molecule has 0 radical (unpaired) electrons. The molecular weight excluding hydrogens is 410 g/mol. The van der Waals surface area contributed by atoms with Crippen molar-refractivity contribution < 1.29 is 5.11 Å². The van der Waals surface area contributed by atoms with E-state index in [0.717, 1.165) is 33.2 Å². The number of nitrogens with zero attached hydrogens (tertiary/aromatic N) is 4. The lowest BCUT2D eigenvalue weighted by Gasteiger charge is -2.19. The standard InChI is InChI=1S/C22H23N7OS/c1-22(2,3)29-20-17(19(23)24-11-25-20)18(28-29)13-5-4-12-8-16(27-15(12)9-13)21(30)26-14-6-7-31-10-14/h4-11,21,26-27,30H,1-3H3,(H2,23,24,25). The first-order chi connectivity index (χ1) is 14.8. The van der Waals surface area contributed by atoms with Crippen LogP contribution in [0.5, 0.6) is 0 Å². The Kier molecular flexibility index (Phi) is 4.45. The summed E-state index contributed by atoms with van der Waals surface area (Å²) in [5.74, 6) is 0.401. The van der Waals surface area contributed by atoms with E-state index in [1.54, 1.807) is 11.3 Å². The molecule has 0 spiro atoms. The van der Waals surface area contributed by atoms with Crippen LogP contribution in [-0.4, -0.2) is 29.8 Å². The fraction of sp³-hybridized carbons (Fsp3) is 0.227. The molecule has 31 heavy (non-hydrogen) atoms. The first-order valence-electron chi connectivity index (χ1n) is 9.91. The van der Waals surface area contributed by atoms with Gasteiger partial charge < -0.3 is 21.1 Å². The molecule has 0 saturated heterocycles.